The van der Waals surface area contributed by atoms with Crippen molar-refractivity contribution < 1.29 is 0 Å². The second-order valence-corrected chi connectivity index (χ2v) is 27.4. The average molecular weight is 880 g/mol. The third-order valence-corrected chi connectivity index (χ3v) is 15.9. The van der Waals surface area contributed by atoms with E-state index < -0.39 is 21.7 Å². The number of hydrogen-bond donors (Lipinski definition) is 0. The van der Waals surface area contributed by atoms with Crippen LogP contribution < -0.4 is 0 Å². The van der Waals surface area contributed by atoms with Gasteiger partial charge in [-0.25, -0.2) is 0 Å². The molecule has 0 saturated heterocycles. The Bertz CT molecular complexity index is 664. The van der Waals surface area contributed by atoms with Gasteiger partial charge in [0.15, 0.2) is 0 Å². The fraction of sp³-hybridized carbons (Fsp3) is 1.00. The van der Waals surface area contributed by atoms with Crippen molar-refractivity contribution in [3.8, 4) is 0 Å². The number of unbranched alkanes of at least 4 members (excludes halogenated alkanes) is 24. The van der Waals surface area contributed by atoms with E-state index in [0.717, 1.165) is 0 Å². The van der Waals surface area contributed by atoms with Gasteiger partial charge in [-0.3, -0.25) is 0 Å². The van der Waals surface area contributed by atoms with E-state index in [-0.39, 0.29) is 0 Å². The van der Waals surface area contributed by atoms with E-state index in [1.807, 2.05) is 0 Å². The van der Waals surface area contributed by atoms with E-state index in [1.54, 1.807) is 0 Å². The van der Waals surface area contributed by atoms with Gasteiger partial charge in [0.25, 0.3) is 0 Å². The summed E-state index contributed by atoms with van der Waals surface area (Å²) in [6, 6.07) is 0. The van der Waals surface area contributed by atoms with Crippen LogP contribution in [0.15, 0.2) is 0 Å². The molecular formula is C52H108N2Sn. The first kappa shape index (κ1) is 55.7. The molecule has 0 aliphatic carbocycles. The summed E-state index contributed by atoms with van der Waals surface area (Å²) in [4.78, 5) is 0. The van der Waals surface area contributed by atoms with Gasteiger partial charge in [-0.05, 0) is 0 Å². The van der Waals surface area contributed by atoms with Crippen molar-refractivity contribution in [3.63, 3.8) is 0 Å². The maximum atomic E-state index is 3.07. The minimum absolute atomic E-state index is 0.506. The molecule has 0 heterocycles. The van der Waals surface area contributed by atoms with E-state index in [1.165, 1.54) is 232 Å². The van der Waals surface area contributed by atoms with E-state index in [0.29, 0.717) is 21.7 Å². The molecule has 0 saturated carbocycles. The third-order valence-electron chi connectivity index (χ3n) is 11.7. The Balaban J connectivity index is 4.92. The normalized spacial score (nSPS) is 13.2. The SMILES string of the molecule is CC(C)(C)CCCCCCCCC[N](CCCCCCCCCC(C)(C)C)[Sn][N](CCCCCCCCCC(C)(C)C)CCCCCCCCCC(C)(C)C. The van der Waals surface area contributed by atoms with Crippen LogP contribution >= 0.6 is 0 Å². The molecule has 0 bridgehead atoms. The summed E-state index contributed by atoms with van der Waals surface area (Å²) in [6.45, 7) is 34.3. The monoisotopic (exact) mass is 881 g/mol. The quantitative estimate of drug-likeness (QED) is 0.0450. The molecule has 0 aliphatic rings. The Kier molecular flexibility index (Phi) is 34.9. The molecule has 55 heavy (non-hydrogen) atoms. The first-order valence-electron chi connectivity index (χ1n) is 25.1. The van der Waals surface area contributed by atoms with Gasteiger partial charge in [-0.2, -0.15) is 0 Å². The fourth-order valence-corrected chi connectivity index (χ4v) is 12.1. The van der Waals surface area contributed by atoms with E-state index in [9.17, 15) is 0 Å². The second kappa shape index (κ2) is 34.4. The molecule has 2 nitrogen and oxygen atoms in total. The summed E-state index contributed by atoms with van der Waals surface area (Å²) in [5, 5.41) is 0. The first-order chi connectivity index (χ1) is 25.9. The molecule has 0 rings (SSSR count). The van der Waals surface area contributed by atoms with E-state index in [4.69, 9.17) is 0 Å². The Labute approximate surface area is 362 Å². The molecule has 3 heteroatoms. The van der Waals surface area contributed by atoms with Crippen molar-refractivity contribution in [1.29, 1.82) is 0 Å². The first-order valence-corrected chi connectivity index (χ1v) is 27.7. The zero-order valence-electron chi connectivity index (χ0n) is 40.9. The topological polar surface area (TPSA) is 6.48 Å². The van der Waals surface area contributed by atoms with Crippen LogP contribution in [-0.4, -0.2) is 54.1 Å². The minimum atomic E-state index is -0.704. The molecule has 0 aromatic rings. The zero-order chi connectivity index (χ0) is 41.3. The molecule has 0 aromatic heterocycles. The molecule has 0 atom stereocenters. The maximum absolute atomic E-state index is 3.07. The van der Waals surface area contributed by atoms with Crippen LogP contribution in [-0.2, 0) is 0 Å². The molecule has 0 fully saturated rings. The van der Waals surface area contributed by atoms with Gasteiger partial charge in [0.1, 0.15) is 0 Å². The fourth-order valence-electron chi connectivity index (χ4n) is 7.99. The van der Waals surface area contributed by atoms with Gasteiger partial charge >= 0.3 is 364 Å². The Morgan fingerprint density at radius 2 is 0.364 bits per heavy atom. The molecule has 0 aliphatic heterocycles. The summed E-state index contributed by atoms with van der Waals surface area (Å²) < 4.78 is 6.14. The van der Waals surface area contributed by atoms with Crippen LogP contribution in [0.5, 0.6) is 0 Å². The van der Waals surface area contributed by atoms with Gasteiger partial charge < -0.3 is 0 Å². The number of rotatable bonds is 38. The summed E-state index contributed by atoms with van der Waals surface area (Å²) >= 11 is -0.704. The standard InChI is InChI=1S/2C26H54N.Sn/c2*1-25(2,3)21-17-13-9-7-11-15-19-23-27-24-20-16-12-8-10-14-18-22-26(4,5)6;/h2*7-24H2,1-6H3;/q2*-1;+2. The zero-order valence-corrected chi connectivity index (χ0v) is 43.7. The van der Waals surface area contributed by atoms with Crippen molar-refractivity contribution in [2.45, 2.75) is 289 Å². The summed E-state index contributed by atoms with van der Waals surface area (Å²) in [6.07, 6.45) is 46.0. The van der Waals surface area contributed by atoms with Gasteiger partial charge in [-0.1, -0.05) is 0 Å². The van der Waals surface area contributed by atoms with E-state index in [2.05, 4.69) is 89.3 Å². The van der Waals surface area contributed by atoms with Crippen LogP contribution in [0.25, 0.3) is 0 Å². The van der Waals surface area contributed by atoms with Crippen LogP contribution in [0, 0.1) is 21.7 Å². The van der Waals surface area contributed by atoms with Gasteiger partial charge in [0, 0.05) is 0 Å². The van der Waals surface area contributed by atoms with Crippen LogP contribution in [0.3, 0.4) is 0 Å². The van der Waals surface area contributed by atoms with Crippen LogP contribution in [0.2, 0.25) is 0 Å². The molecule has 0 N–H and O–H groups in total. The average Bonchev–Trinajstić information content (AvgIpc) is 3.06. The Hall–Kier alpha value is 0.719. The van der Waals surface area contributed by atoms with Gasteiger partial charge in [0.2, 0.25) is 0 Å². The molecule has 0 aromatic carbocycles. The van der Waals surface area contributed by atoms with Crippen molar-refractivity contribution >= 4 is 21.7 Å². The molecule has 330 valence electrons. The number of nitrogens with zero attached hydrogens (tertiary/aromatic N) is 2. The molecule has 2 radical (unpaired) electrons. The van der Waals surface area contributed by atoms with Crippen molar-refractivity contribution in [1.82, 2.24) is 6.24 Å². The summed E-state index contributed by atoms with van der Waals surface area (Å²) in [7, 11) is 0. The molecular weight excluding hydrogens is 771 g/mol. The predicted octanol–water partition coefficient (Wildman–Crippen LogP) is 17.8. The van der Waals surface area contributed by atoms with Crippen molar-refractivity contribution in [3.05, 3.63) is 0 Å². The van der Waals surface area contributed by atoms with Crippen molar-refractivity contribution in [2.24, 2.45) is 21.7 Å². The van der Waals surface area contributed by atoms with E-state index >= 15 is 0 Å². The van der Waals surface area contributed by atoms with Gasteiger partial charge in [-0.15, -0.1) is 0 Å². The summed E-state index contributed by atoms with van der Waals surface area (Å²) in [5.41, 5.74) is 2.02. The molecule has 0 amide bonds. The Morgan fingerprint density at radius 1 is 0.218 bits per heavy atom. The summed E-state index contributed by atoms with van der Waals surface area (Å²) in [5.74, 6) is 0. The Morgan fingerprint density at radius 3 is 0.527 bits per heavy atom. The van der Waals surface area contributed by atoms with Gasteiger partial charge in [0.05, 0.1) is 0 Å². The second-order valence-electron chi connectivity index (χ2n) is 23.2. The van der Waals surface area contributed by atoms with Crippen LogP contribution in [0.4, 0.5) is 0 Å². The molecule has 0 unspecified atom stereocenters. The van der Waals surface area contributed by atoms with Crippen molar-refractivity contribution in [2.75, 3.05) is 26.2 Å². The third kappa shape index (κ3) is 47.3. The predicted molar refractivity (Wildman–Crippen MR) is 254 cm³/mol. The molecule has 0 spiro atoms. The van der Waals surface area contributed by atoms with Crippen LogP contribution in [0.1, 0.15) is 289 Å². The number of hydrogen-bond acceptors (Lipinski definition) is 2.